The van der Waals surface area contributed by atoms with Crippen LogP contribution in [0.5, 0.6) is 0 Å². The fraction of sp³-hybridized carbons (Fsp3) is 0.600. The first-order chi connectivity index (χ1) is 8.75. The maximum absolute atomic E-state index is 3.53. The van der Waals surface area contributed by atoms with Gasteiger partial charge in [0, 0.05) is 43.2 Å². The second kappa shape index (κ2) is 8.85. The molecule has 2 atom stereocenters. The van der Waals surface area contributed by atoms with E-state index in [1.165, 1.54) is 24.4 Å². The third-order valence-corrected chi connectivity index (χ3v) is 4.54. The lowest BCUT2D eigenvalue weighted by atomic mass is 10.1. The zero-order valence-electron chi connectivity index (χ0n) is 11.8. The van der Waals surface area contributed by atoms with Crippen LogP contribution in [0, 0.1) is 0 Å². The number of halogens is 1. The molecule has 1 fully saturated rings. The van der Waals surface area contributed by atoms with E-state index in [4.69, 9.17) is 0 Å². The SMILES string of the molecule is CC1CN(CCSCc2ccccc2)C(C)CN1.Cl. The van der Waals surface area contributed by atoms with Gasteiger partial charge < -0.3 is 5.32 Å². The first kappa shape index (κ1) is 16.8. The molecule has 0 aliphatic carbocycles. The predicted molar refractivity (Wildman–Crippen MR) is 88.4 cm³/mol. The molecule has 4 heteroatoms. The Labute approximate surface area is 127 Å². The summed E-state index contributed by atoms with van der Waals surface area (Å²) in [6.07, 6.45) is 0. The zero-order chi connectivity index (χ0) is 12.8. The van der Waals surface area contributed by atoms with Gasteiger partial charge in [0.15, 0.2) is 0 Å². The molecule has 0 spiro atoms. The molecule has 1 aliphatic heterocycles. The lowest BCUT2D eigenvalue weighted by Gasteiger charge is -2.37. The average Bonchev–Trinajstić information content (AvgIpc) is 2.40. The summed E-state index contributed by atoms with van der Waals surface area (Å²) in [7, 11) is 0. The molecule has 1 N–H and O–H groups in total. The number of nitrogens with zero attached hydrogens (tertiary/aromatic N) is 1. The molecule has 1 saturated heterocycles. The predicted octanol–water partition coefficient (Wildman–Crippen LogP) is 3.02. The van der Waals surface area contributed by atoms with Crippen LogP contribution in [0.15, 0.2) is 30.3 Å². The Balaban J connectivity index is 0.00000180. The Hall–Kier alpha value is -0.220. The lowest BCUT2D eigenvalue weighted by Crippen LogP contribution is -2.54. The number of hydrogen-bond acceptors (Lipinski definition) is 3. The molecule has 19 heavy (non-hydrogen) atoms. The summed E-state index contributed by atoms with van der Waals surface area (Å²) in [5, 5.41) is 3.53. The Morgan fingerprint density at radius 2 is 2.00 bits per heavy atom. The number of rotatable bonds is 5. The normalized spacial score (nSPS) is 23.9. The maximum Gasteiger partial charge on any atom is 0.0193 e. The van der Waals surface area contributed by atoms with E-state index in [1.807, 2.05) is 11.8 Å². The van der Waals surface area contributed by atoms with E-state index in [2.05, 4.69) is 54.4 Å². The van der Waals surface area contributed by atoms with Gasteiger partial charge in [0.1, 0.15) is 0 Å². The van der Waals surface area contributed by atoms with Gasteiger partial charge in [-0.15, -0.1) is 12.4 Å². The van der Waals surface area contributed by atoms with Crippen molar-refractivity contribution in [3.8, 4) is 0 Å². The van der Waals surface area contributed by atoms with Crippen molar-refractivity contribution in [1.29, 1.82) is 0 Å². The van der Waals surface area contributed by atoms with E-state index in [9.17, 15) is 0 Å². The van der Waals surface area contributed by atoms with Gasteiger partial charge >= 0.3 is 0 Å². The van der Waals surface area contributed by atoms with E-state index < -0.39 is 0 Å². The maximum atomic E-state index is 3.53. The average molecular weight is 301 g/mol. The molecule has 1 heterocycles. The topological polar surface area (TPSA) is 15.3 Å². The second-order valence-corrected chi connectivity index (χ2v) is 6.30. The van der Waals surface area contributed by atoms with Crippen molar-refractivity contribution in [3.05, 3.63) is 35.9 Å². The van der Waals surface area contributed by atoms with Crippen molar-refractivity contribution in [2.45, 2.75) is 31.7 Å². The molecule has 108 valence electrons. The summed E-state index contributed by atoms with van der Waals surface area (Å²) in [6.45, 7) is 8.12. The van der Waals surface area contributed by atoms with Gasteiger partial charge in [-0.2, -0.15) is 11.8 Å². The van der Waals surface area contributed by atoms with Gasteiger partial charge in [-0.05, 0) is 19.4 Å². The molecular weight excluding hydrogens is 276 g/mol. The molecule has 0 saturated carbocycles. The van der Waals surface area contributed by atoms with Crippen LogP contribution in [0.4, 0.5) is 0 Å². The van der Waals surface area contributed by atoms with Crippen LogP contribution >= 0.6 is 24.2 Å². The van der Waals surface area contributed by atoms with Crippen LogP contribution in [0.3, 0.4) is 0 Å². The molecule has 2 nitrogen and oxygen atoms in total. The number of nitrogens with one attached hydrogen (secondary N) is 1. The van der Waals surface area contributed by atoms with Crippen LogP contribution < -0.4 is 5.32 Å². The van der Waals surface area contributed by atoms with Crippen LogP contribution in [-0.4, -0.2) is 42.4 Å². The highest BCUT2D eigenvalue weighted by Crippen LogP contribution is 2.13. The summed E-state index contributed by atoms with van der Waals surface area (Å²) in [5.74, 6) is 2.36. The smallest absolute Gasteiger partial charge is 0.0193 e. The van der Waals surface area contributed by atoms with Crippen molar-refractivity contribution in [2.24, 2.45) is 0 Å². The molecule has 0 amide bonds. The van der Waals surface area contributed by atoms with Crippen molar-refractivity contribution in [2.75, 3.05) is 25.4 Å². The van der Waals surface area contributed by atoms with E-state index in [1.54, 1.807) is 0 Å². The van der Waals surface area contributed by atoms with E-state index in [0.29, 0.717) is 12.1 Å². The molecule has 0 aromatic heterocycles. The van der Waals surface area contributed by atoms with Gasteiger partial charge in [-0.25, -0.2) is 0 Å². The molecule has 2 unspecified atom stereocenters. The van der Waals surface area contributed by atoms with Crippen molar-refractivity contribution >= 4 is 24.2 Å². The minimum atomic E-state index is 0. The summed E-state index contributed by atoms with van der Waals surface area (Å²) in [5.41, 5.74) is 1.43. The first-order valence-corrected chi connectivity index (χ1v) is 8.00. The van der Waals surface area contributed by atoms with E-state index >= 15 is 0 Å². The van der Waals surface area contributed by atoms with Crippen LogP contribution in [0.1, 0.15) is 19.4 Å². The van der Waals surface area contributed by atoms with Gasteiger partial charge in [0.2, 0.25) is 0 Å². The number of hydrogen-bond donors (Lipinski definition) is 1. The van der Waals surface area contributed by atoms with Crippen LogP contribution in [-0.2, 0) is 5.75 Å². The largest absolute Gasteiger partial charge is 0.311 e. The quantitative estimate of drug-likeness (QED) is 0.842. The van der Waals surface area contributed by atoms with Crippen LogP contribution in [0.25, 0.3) is 0 Å². The summed E-state index contributed by atoms with van der Waals surface area (Å²) >= 11 is 2.04. The Morgan fingerprint density at radius 3 is 2.74 bits per heavy atom. The minimum Gasteiger partial charge on any atom is -0.311 e. The molecule has 2 rings (SSSR count). The van der Waals surface area contributed by atoms with Crippen molar-refractivity contribution < 1.29 is 0 Å². The van der Waals surface area contributed by atoms with Gasteiger partial charge in [-0.3, -0.25) is 4.90 Å². The fourth-order valence-electron chi connectivity index (χ4n) is 2.35. The third kappa shape index (κ3) is 5.74. The molecule has 1 aromatic carbocycles. The van der Waals surface area contributed by atoms with E-state index in [-0.39, 0.29) is 12.4 Å². The standard InChI is InChI=1S/C15H24N2S.ClH/c1-13-11-17(14(2)10-16-13)8-9-18-12-15-6-4-3-5-7-15;/h3-7,13-14,16H,8-12H2,1-2H3;1H. The van der Waals surface area contributed by atoms with Gasteiger partial charge in [0.05, 0.1) is 0 Å². The molecule has 1 aromatic rings. The Kier molecular flexibility index (Phi) is 7.84. The third-order valence-electron chi connectivity index (χ3n) is 3.53. The summed E-state index contributed by atoms with van der Waals surface area (Å²) in [4.78, 5) is 2.61. The number of thioether (sulfide) groups is 1. The highest BCUT2D eigenvalue weighted by Gasteiger charge is 2.21. The molecule has 0 radical (unpaired) electrons. The highest BCUT2D eigenvalue weighted by molar-refractivity contribution is 7.98. The van der Waals surface area contributed by atoms with Gasteiger partial charge in [-0.1, -0.05) is 30.3 Å². The van der Waals surface area contributed by atoms with E-state index in [0.717, 1.165) is 12.3 Å². The molecular formula is C15H25ClN2S. The minimum absolute atomic E-state index is 0. The van der Waals surface area contributed by atoms with Crippen molar-refractivity contribution in [3.63, 3.8) is 0 Å². The van der Waals surface area contributed by atoms with Crippen LogP contribution in [0.2, 0.25) is 0 Å². The molecule has 0 bridgehead atoms. The van der Waals surface area contributed by atoms with Gasteiger partial charge in [0.25, 0.3) is 0 Å². The molecule has 1 aliphatic rings. The summed E-state index contributed by atoms with van der Waals surface area (Å²) < 4.78 is 0. The Bertz CT molecular complexity index is 347. The number of piperazine rings is 1. The number of benzene rings is 1. The second-order valence-electron chi connectivity index (χ2n) is 5.19. The summed E-state index contributed by atoms with van der Waals surface area (Å²) in [6, 6.07) is 12.1. The first-order valence-electron chi connectivity index (χ1n) is 6.85. The Morgan fingerprint density at radius 1 is 1.26 bits per heavy atom. The lowest BCUT2D eigenvalue weighted by molar-refractivity contribution is 0.156. The zero-order valence-corrected chi connectivity index (χ0v) is 13.5. The highest BCUT2D eigenvalue weighted by atomic mass is 35.5. The monoisotopic (exact) mass is 300 g/mol. The van der Waals surface area contributed by atoms with Crippen molar-refractivity contribution in [1.82, 2.24) is 10.2 Å². The fourth-order valence-corrected chi connectivity index (χ4v) is 3.29.